The molecule has 0 saturated carbocycles. The zero-order chi connectivity index (χ0) is 24.9. The summed E-state index contributed by atoms with van der Waals surface area (Å²) in [4.78, 5) is 27.0. The fourth-order valence-electron chi connectivity index (χ4n) is 3.30. The molecular weight excluding hydrogens is 479 g/mol. The molecule has 4 rings (SSSR count). The zero-order valence-corrected chi connectivity index (χ0v) is 19.1. The first-order valence-corrected chi connectivity index (χ1v) is 10.8. The van der Waals surface area contributed by atoms with Gasteiger partial charge in [-0.25, -0.2) is 14.2 Å². The number of ether oxygens (including phenoxy) is 3. The van der Waals surface area contributed by atoms with Gasteiger partial charge in [0.25, 0.3) is 5.69 Å². The minimum absolute atomic E-state index is 0.00575. The predicted octanol–water partition coefficient (Wildman–Crippen LogP) is 5.71. The zero-order valence-electron chi connectivity index (χ0n) is 18.4. The number of esters is 1. The Balaban J connectivity index is 1.60. The third-order valence-electron chi connectivity index (χ3n) is 4.83. The summed E-state index contributed by atoms with van der Waals surface area (Å²) in [6, 6.07) is 14.8. The number of rotatable bonds is 8. The molecule has 0 aromatic heterocycles. The normalized spacial score (nSPS) is 14.0. The van der Waals surface area contributed by atoms with E-state index in [2.05, 4.69) is 4.99 Å². The lowest BCUT2D eigenvalue weighted by Crippen LogP contribution is -2.05. The number of hydrogen-bond acceptors (Lipinski definition) is 7. The van der Waals surface area contributed by atoms with Crippen molar-refractivity contribution < 1.29 is 28.3 Å². The van der Waals surface area contributed by atoms with Crippen molar-refractivity contribution in [3.05, 3.63) is 104 Å². The molecule has 0 saturated heterocycles. The van der Waals surface area contributed by atoms with Crippen LogP contribution in [-0.4, -0.2) is 23.4 Å². The van der Waals surface area contributed by atoms with Crippen LogP contribution in [0.25, 0.3) is 6.08 Å². The number of non-ortho nitro benzene ring substituents is 1. The van der Waals surface area contributed by atoms with Gasteiger partial charge in [-0.05, 0) is 54.5 Å². The molecule has 178 valence electrons. The van der Waals surface area contributed by atoms with Crippen LogP contribution < -0.4 is 9.47 Å². The minimum Gasteiger partial charge on any atom is -0.490 e. The maximum atomic E-state index is 13.5. The first-order valence-electron chi connectivity index (χ1n) is 10.4. The summed E-state index contributed by atoms with van der Waals surface area (Å²) in [5, 5.41) is 11.2. The number of benzene rings is 3. The van der Waals surface area contributed by atoms with Crippen LogP contribution in [0.5, 0.6) is 11.5 Å². The van der Waals surface area contributed by atoms with E-state index in [1.54, 1.807) is 37.3 Å². The lowest BCUT2D eigenvalue weighted by atomic mass is 10.1. The van der Waals surface area contributed by atoms with Gasteiger partial charge in [0.05, 0.1) is 16.6 Å². The van der Waals surface area contributed by atoms with Crippen LogP contribution in [0.1, 0.15) is 23.6 Å². The van der Waals surface area contributed by atoms with E-state index in [0.717, 1.165) is 0 Å². The summed E-state index contributed by atoms with van der Waals surface area (Å²) < 4.78 is 30.2. The maximum absolute atomic E-state index is 13.5. The Morgan fingerprint density at radius 3 is 2.69 bits per heavy atom. The van der Waals surface area contributed by atoms with Gasteiger partial charge in [0, 0.05) is 17.7 Å². The van der Waals surface area contributed by atoms with Gasteiger partial charge in [0.15, 0.2) is 17.2 Å². The molecule has 0 amide bonds. The molecule has 0 atom stereocenters. The van der Waals surface area contributed by atoms with Gasteiger partial charge in [0.2, 0.25) is 5.90 Å². The van der Waals surface area contributed by atoms with Crippen molar-refractivity contribution in [2.45, 2.75) is 13.5 Å². The highest BCUT2D eigenvalue weighted by Crippen LogP contribution is 2.38. The van der Waals surface area contributed by atoms with Gasteiger partial charge in [-0.2, -0.15) is 0 Å². The fraction of sp³-hybridized carbons (Fsp3) is 0.120. The molecule has 10 heteroatoms. The Morgan fingerprint density at radius 2 is 1.94 bits per heavy atom. The summed E-state index contributed by atoms with van der Waals surface area (Å²) in [5.74, 6) is -0.608. The number of cyclic esters (lactones) is 1. The number of aliphatic imine (C=N–C) groups is 1. The Kier molecular flexibility index (Phi) is 7.07. The van der Waals surface area contributed by atoms with E-state index < -0.39 is 16.7 Å². The SMILES string of the molecule is CCOc1cc(/C=C2\N=C(c3cccc(F)c3)OC2=O)cc(Cl)c1OCc1cccc([N+](=O)[O-])c1. The van der Waals surface area contributed by atoms with Gasteiger partial charge in [-0.1, -0.05) is 29.8 Å². The summed E-state index contributed by atoms with van der Waals surface area (Å²) in [6.07, 6.45) is 1.47. The third kappa shape index (κ3) is 5.64. The molecule has 1 aliphatic rings. The lowest BCUT2D eigenvalue weighted by Gasteiger charge is -2.14. The van der Waals surface area contributed by atoms with Crippen molar-refractivity contribution in [3.63, 3.8) is 0 Å². The summed E-state index contributed by atoms with van der Waals surface area (Å²) in [7, 11) is 0. The van der Waals surface area contributed by atoms with E-state index >= 15 is 0 Å². The monoisotopic (exact) mass is 496 g/mol. The molecule has 35 heavy (non-hydrogen) atoms. The molecule has 0 unspecified atom stereocenters. The Labute approximate surface area is 204 Å². The number of carbonyl (C=O) groups excluding carboxylic acids is 1. The van der Waals surface area contributed by atoms with Crippen molar-refractivity contribution in [2.24, 2.45) is 4.99 Å². The van der Waals surface area contributed by atoms with Gasteiger partial charge in [-0.15, -0.1) is 0 Å². The molecular formula is C25H18ClFN2O6. The number of nitro benzene ring substituents is 1. The summed E-state index contributed by atoms with van der Waals surface area (Å²) >= 11 is 6.45. The molecule has 0 spiro atoms. The second kappa shape index (κ2) is 10.4. The van der Waals surface area contributed by atoms with Crippen LogP contribution >= 0.6 is 11.6 Å². The molecule has 0 aliphatic carbocycles. The topological polar surface area (TPSA) is 100 Å². The van der Waals surface area contributed by atoms with E-state index in [4.69, 9.17) is 25.8 Å². The number of hydrogen-bond donors (Lipinski definition) is 0. The summed E-state index contributed by atoms with van der Waals surface area (Å²) in [6.45, 7) is 2.12. The first-order chi connectivity index (χ1) is 16.8. The van der Waals surface area contributed by atoms with Crippen molar-refractivity contribution >= 4 is 35.2 Å². The second-order valence-electron chi connectivity index (χ2n) is 7.33. The highest BCUT2D eigenvalue weighted by molar-refractivity contribution is 6.32. The number of nitrogens with zero attached hydrogens (tertiary/aromatic N) is 2. The van der Waals surface area contributed by atoms with Crippen molar-refractivity contribution in [3.8, 4) is 11.5 Å². The van der Waals surface area contributed by atoms with Crippen LogP contribution in [0.2, 0.25) is 5.02 Å². The standard InChI is InChI=1S/C25H18ClFN2O6/c1-2-33-22-12-16(11-21-25(30)35-24(28-21)17-6-4-7-18(27)13-17)10-20(26)23(22)34-14-15-5-3-8-19(9-15)29(31)32/h3-13H,2,14H2,1H3/b21-11-. The maximum Gasteiger partial charge on any atom is 0.363 e. The number of halogens is 2. The Hall–Kier alpha value is -4.24. The number of carbonyl (C=O) groups is 1. The van der Waals surface area contributed by atoms with Crippen LogP contribution in [0.3, 0.4) is 0 Å². The van der Waals surface area contributed by atoms with Crippen LogP contribution in [-0.2, 0) is 16.1 Å². The van der Waals surface area contributed by atoms with Crippen molar-refractivity contribution in [1.82, 2.24) is 0 Å². The third-order valence-corrected chi connectivity index (χ3v) is 5.11. The fourth-order valence-corrected chi connectivity index (χ4v) is 3.58. The quantitative estimate of drug-likeness (QED) is 0.171. The van der Waals surface area contributed by atoms with Crippen LogP contribution in [0.4, 0.5) is 10.1 Å². The average molecular weight is 497 g/mol. The van der Waals surface area contributed by atoms with Crippen LogP contribution in [0.15, 0.2) is 71.4 Å². The van der Waals surface area contributed by atoms with E-state index in [9.17, 15) is 19.3 Å². The molecule has 0 fully saturated rings. The lowest BCUT2D eigenvalue weighted by molar-refractivity contribution is -0.384. The van der Waals surface area contributed by atoms with E-state index in [1.165, 1.54) is 36.4 Å². The van der Waals surface area contributed by atoms with Gasteiger partial charge < -0.3 is 14.2 Å². The van der Waals surface area contributed by atoms with E-state index in [1.807, 2.05) is 0 Å². The van der Waals surface area contributed by atoms with Gasteiger partial charge in [0.1, 0.15) is 12.4 Å². The molecule has 1 aliphatic heterocycles. The van der Waals surface area contributed by atoms with E-state index in [-0.39, 0.29) is 34.7 Å². The van der Waals surface area contributed by atoms with Gasteiger partial charge >= 0.3 is 5.97 Å². The molecule has 0 bridgehead atoms. The molecule has 0 N–H and O–H groups in total. The minimum atomic E-state index is -0.690. The Bertz CT molecular complexity index is 1370. The number of nitro groups is 1. The molecule has 0 radical (unpaired) electrons. The summed E-state index contributed by atoms with van der Waals surface area (Å²) in [5.41, 5.74) is 1.37. The Morgan fingerprint density at radius 1 is 1.14 bits per heavy atom. The molecule has 3 aromatic rings. The predicted molar refractivity (Wildman–Crippen MR) is 127 cm³/mol. The smallest absolute Gasteiger partial charge is 0.363 e. The average Bonchev–Trinajstić information content (AvgIpc) is 3.19. The van der Waals surface area contributed by atoms with Crippen LogP contribution in [0, 0.1) is 15.9 Å². The largest absolute Gasteiger partial charge is 0.490 e. The second-order valence-corrected chi connectivity index (χ2v) is 7.73. The van der Waals surface area contributed by atoms with Crippen molar-refractivity contribution in [1.29, 1.82) is 0 Å². The van der Waals surface area contributed by atoms with E-state index in [0.29, 0.717) is 29.0 Å². The highest BCUT2D eigenvalue weighted by Gasteiger charge is 2.25. The van der Waals surface area contributed by atoms with Crippen molar-refractivity contribution in [2.75, 3.05) is 6.61 Å². The first kappa shape index (κ1) is 23.9. The van der Waals surface area contributed by atoms with Gasteiger partial charge in [-0.3, -0.25) is 10.1 Å². The molecule has 8 nitrogen and oxygen atoms in total. The highest BCUT2D eigenvalue weighted by atomic mass is 35.5. The molecule has 3 aromatic carbocycles. The molecule has 1 heterocycles.